The first-order chi connectivity index (χ1) is 5.78. The van der Waals surface area contributed by atoms with Gasteiger partial charge in [-0.1, -0.05) is 41.5 Å². The minimum atomic E-state index is 0.294. The van der Waals surface area contributed by atoms with Crippen molar-refractivity contribution in [2.45, 2.75) is 66.5 Å². The number of hydrogen-bond acceptors (Lipinski definition) is 1. The molecule has 0 saturated heterocycles. The van der Waals surface area contributed by atoms with Gasteiger partial charge in [-0.3, -0.25) is 0 Å². The van der Waals surface area contributed by atoms with E-state index in [9.17, 15) is 0 Å². The smallest absolute Gasteiger partial charge is 0.0181 e. The zero-order valence-electron chi connectivity index (χ0n) is 10.4. The molecule has 0 amide bonds. The predicted octanol–water partition coefficient (Wildman–Crippen LogP) is 3.45. The van der Waals surface area contributed by atoms with E-state index in [1.807, 2.05) is 0 Å². The molecule has 0 spiro atoms. The Bertz CT molecular complexity index is 126. The maximum atomic E-state index is 3.69. The van der Waals surface area contributed by atoms with Crippen LogP contribution in [0, 0.1) is 11.8 Å². The molecule has 1 heteroatoms. The molecule has 13 heavy (non-hydrogen) atoms. The average molecular weight is 185 g/mol. The Labute approximate surface area is 84.3 Å². The van der Waals surface area contributed by atoms with Crippen LogP contribution >= 0.6 is 0 Å². The molecular formula is C12H27N. The van der Waals surface area contributed by atoms with Crippen LogP contribution in [-0.2, 0) is 0 Å². The standard InChI is InChI=1S/C12H27N/c1-9(2)8-12(7,10(3)4)13-11(5)6/h9-11,13H,8H2,1-7H3. The molecule has 0 aromatic heterocycles. The lowest BCUT2D eigenvalue weighted by Gasteiger charge is -2.38. The zero-order valence-corrected chi connectivity index (χ0v) is 10.4. The second-order valence-electron chi connectivity index (χ2n) is 5.47. The Morgan fingerprint density at radius 2 is 1.46 bits per heavy atom. The number of nitrogens with one attached hydrogen (secondary N) is 1. The maximum Gasteiger partial charge on any atom is 0.0181 e. The molecule has 1 atom stereocenters. The third kappa shape index (κ3) is 4.66. The minimum absolute atomic E-state index is 0.294. The predicted molar refractivity (Wildman–Crippen MR) is 61.0 cm³/mol. The average Bonchev–Trinajstić information content (AvgIpc) is 1.82. The van der Waals surface area contributed by atoms with Crippen LogP contribution in [0.2, 0.25) is 0 Å². The summed E-state index contributed by atoms with van der Waals surface area (Å²) in [6, 6.07) is 0.575. The van der Waals surface area contributed by atoms with Gasteiger partial charge in [0.25, 0.3) is 0 Å². The normalized spacial score (nSPS) is 17.1. The highest BCUT2D eigenvalue weighted by Crippen LogP contribution is 2.25. The monoisotopic (exact) mass is 185 g/mol. The summed E-state index contributed by atoms with van der Waals surface area (Å²) in [5.74, 6) is 1.45. The van der Waals surface area contributed by atoms with E-state index in [0.717, 1.165) is 5.92 Å². The molecular weight excluding hydrogens is 158 g/mol. The quantitative estimate of drug-likeness (QED) is 0.692. The van der Waals surface area contributed by atoms with Gasteiger partial charge in [0.15, 0.2) is 0 Å². The van der Waals surface area contributed by atoms with E-state index >= 15 is 0 Å². The largest absolute Gasteiger partial charge is 0.309 e. The van der Waals surface area contributed by atoms with Crippen molar-refractivity contribution in [1.82, 2.24) is 5.32 Å². The van der Waals surface area contributed by atoms with E-state index in [0.29, 0.717) is 17.5 Å². The summed E-state index contributed by atoms with van der Waals surface area (Å²) < 4.78 is 0. The molecule has 0 rings (SSSR count). The molecule has 1 nitrogen and oxygen atoms in total. The summed E-state index contributed by atoms with van der Waals surface area (Å²) in [6.45, 7) is 16.0. The first-order valence-electron chi connectivity index (χ1n) is 5.55. The summed E-state index contributed by atoms with van der Waals surface area (Å²) in [5.41, 5.74) is 0.294. The molecule has 0 fully saturated rings. The van der Waals surface area contributed by atoms with Crippen molar-refractivity contribution < 1.29 is 0 Å². The van der Waals surface area contributed by atoms with Gasteiger partial charge in [0.1, 0.15) is 0 Å². The van der Waals surface area contributed by atoms with Crippen molar-refractivity contribution in [3.63, 3.8) is 0 Å². The van der Waals surface area contributed by atoms with Crippen molar-refractivity contribution in [2.75, 3.05) is 0 Å². The summed E-state index contributed by atoms with van der Waals surface area (Å²) in [4.78, 5) is 0. The van der Waals surface area contributed by atoms with Gasteiger partial charge in [-0.15, -0.1) is 0 Å². The number of hydrogen-bond donors (Lipinski definition) is 1. The Morgan fingerprint density at radius 3 is 1.69 bits per heavy atom. The van der Waals surface area contributed by atoms with Gasteiger partial charge in [0, 0.05) is 11.6 Å². The van der Waals surface area contributed by atoms with E-state index in [1.54, 1.807) is 0 Å². The summed E-state index contributed by atoms with van der Waals surface area (Å²) in [6.07, 6.45) is 1.25. The van der Waals surface area contributed by atoms with Crippen molar-refractivity contribution in [2.24, 2.45) is 11.8 Å². The fraction of sp³-hybridized carbons (Fsp3) is 1.00. The fourth-order valence-electron chi connectivity index (χ4n) is 1.97. The van der Waals surface area contributed by atoms with E-state index < -0.39 is 0 Å². The van der Waals surface area contributed by atoms with E-state index in [2.05, 4.69) is 53.8 Å². The molecule has 0 heterocycles. The Kier molecular flexibility index (Phi) is 4.98. The molecule has 0 radical (unpaired) electrons. The van der Waals surface area contributed by atoms with Crippen molar-refractivity contribution in [3.05, 3.63) is 0 Å². The van der Waals surface area contributed by atoms with Crippen LogP contribution in [0.15, 0.2) is 0 Å². The van der Waals surface area contributed by atoms with Crippen LogP contribution in [0.5, 0.6) is 0 Å². The first kappa shape index (κ1) is 13.0. The van der Waals surface area contributed by atoms with Crippen LogP contribution < -0.4 is 5.32 Å². The van der Waals surface area contributed by atoms with Crippen LogP contribution in [0.3, 0.4) is 0 Å². The Balaban J connectivity index is 4.34. The first-order valence-corrected chi connectivity index (χ1v) is 5.55. The lowest BCUT2D eigenvalue weighted by atomic mass is 9.80. The second kappa shape index (κ2) is 4.99. The molecule has 0 saturated carbocycles. The van der Waals surface area contributed by atoms with E-state index in [4.69, 9.17) is 0 Å². The molecule has 80 valence electrons. The van der Waals surface area contributed by atoms with Gasteiger partial charge >= 0.3 is 0 Å². The highest BCUT2D eigenvalue weighted by molar-refractivity contribution is 4.88. The molecule has 0 aromatic carbocycles. The third-order valence-corrected chi connectivity index (χ3v) is 2.72. The number of rotatable bonds is 5. The Morgan fingerprint density at radius 1 is 1.00 bits per heavy atom. The summed E-state index contributed by atoms with van der Waals surface area (Å²) in [7, 11) is 0. The topological polar surface area (TPSA) is 12.0 Å². The fourth-order valence-corrected chi connectivity index (χ4v) is 1.97. The highest BCUT2D eigenvalue weighted by atomic mass is 15.0. The Hall–Kier alpha value is -0.0400. The summed E-state index contributed by atoms with van der Waals surface area (Å²) in [5, 5.41) is 3.69. The molecule has 1 unspecified atom stereocenters. The molecule has 0 aliphatic rings. The van der Waals surface area contributed by atoms with Gasteiger partial charge in [-0.05, 0) is 25.2 Å². The molecule has 0 bridgehead atoms. The third-order valence-electron chi connectivity index (χ3n) is 2.72. The maximum absolute atomic E-state index is 3.69. The van der Waals surface area contributed by atoms with Gasteiger partial charge < -0.3 is 5.32 Å². The van der Waals surface area contributed by atoms with Crippen LogP contribution in [0.1, 0.15) is 54.9 Å². The van der Waals surface area contributed by atoms with Crippen molar-refractivity contribution in [3.8, 4) is 0 Å². The van der Waals surface area contributed by atoms with Crippen molar-refractivity contribution >= 4 is 0 Å². The van der Waals surface area contributed by atoms with Crippen molar-refractivity contribution in [1.29, 1.82) is 0 Å². The SMILES string of the molecule is CC(C)CC(C)(NC(C)C)C(C)C. The molecule has 0 aliphatic carbocycles. The zero-order chi connectivity index (χ0) is 10.6. The van der Waals surface area contributed by atoms with Crippen LogP contribution in [-0.4, -0.2) is 11.6 Å². The second-order valence-corrected chi connectivity index (χ2v) is 5.47. The molecule has 0 aromatic rings. The van der Waals surface area contributed by atoms with Gasteiger partial charge in [0.05, 0.1) is 0 Å². The van der Waals surface area contributed by atoms with E-state index in [1.165, 1.54) is 6.42 Å². The van der Waals surface area contributed by atoms with E-state index in [-0.39, 0.29) is 0 Å². The molecule has 0 aliphatic heterocycles. The highest BCUT2D eigenvalue weighted by Gasteiger charge is 2.29. The van der Waals surface area contributed by atoms with Crippen LogP contribution in [0.4, 0.5) is 0 Å². The lowest BCUT2D eigenvalue weighted by molar-refractivity contribution is 0.201. The minimum Gasteiger partial charge on any atom is -0.309 e. The van der Waals surface area contributed by atoms with Gasteiger partial charge in [0.2, 0.25) is 0 Å². The van der Waals surface area contributed by atoms with Crippen LogP contribution in [0.25, 0.3) is 0 Å². The van der Waals surface area contributed by atoms with Gasteiger partial charge in [-0.2, -0.15) is 0 Å². The summed E-state index contributed by atoms with van der Waals surface area (Å²) >= 11 is 0. The van der Waals surface area contributed by atoms with Gasteiger partial charge in [-0.25, -0.2) is 0 Å². The lowest BCUT2D eigenvalue weighted by Crippen LogP contribution is -2.50. The molecule has 1 N–H and O–H groups in total.